The summed E-state index contributed by atoms with van der Waals surface area (Å²) < 4.78 is 11.3. The molecule has 0 spiro atoms. The van der Waals surface area contributed by atoms with Crippen molar-refractivity contribution < 1.29 is 14.3 Å². The van der Waals surface area contributed by atoms with Crippen molar-refractivity contribution in [3.63, 3.8) is 0 Å². The second-order valence-corrected chi connectivity index (χ2v) is 5.60. The highest BCUT2D eigenvalue weighted by atomic mass is 16.5. The van der Waals surface area contributed by atoms with E-state index < -0.39 is 0 Å². The molecule has 0 atom stereocenters. The number of carbonyl (C=O) groups excluding carboxylic acids is 1. The van der Waals surface area contributed by atoms with Crippen molar-refractivity contribution in [3.05, 3.63) is 83.9 Å². The average Bonchev–Trinajstić information content (AvgIpc) is 2.68. The standard InChI is InChI=1S/C22H20O3/c1-2-24-21-11-8-18(9-12-21)19-10-13-22(20(14-19)15-23)25-16-17-6-4-3-5-7-17/h3-15H,2,16H2,1H3. The molecule has 25 heavy (non-hydrogen) atoms. The van der Waals surface area contributed by atoms with Gasteiger partial charge in [-0.15, -0.1) is 0 Å². The van der Waals surface area contributed by atoms with Crippen molar-refractivity contribution >= 4 is 6.29 Å². The van der Waals surface area contributed by atoms with Crippen molar-refractivity contribution in [1.82, 2.24) is 0 Å². The van der Waals surface area contributed by atoms with Crippen LogP contribution in [-0.2, 0) is 6.61 Å². The van der Waals surface area contributed by atoms with Gasteiger partial charge in [-0.1, -0.05) is 48.5 Å². The number of benzene rings is 3. The molecular formula is C22H20O3. The highest BCUT2D eigenvalue weighted by molar-refractivity contribution is 5.83. The lowest BCUT2D eigenvalue weighted by Crippen LogP contribution is -1.98. The molecule has 0 amide bonds. The Morgan fingerprint density at radius 1 is 0.840 bits per heavy atom. The van der Waals surface area contributed by atoms with Crippen LogP contribution in [-0.4, -0.2) is 12.9 Å². The van der Waals surface area contributed by atoms with Gasteiger partial charge in [-0.3, -0.25) is 4.79 Å². The zero-order valence-corrected chi connectivity index (χ0v) is 14.1. The molecule has 3 heteroatoms. The van der Waals surface area contributed by atoms with Gasteiger partial charge in [-0.05, 0) is 47.9 Å². The summed E-state index contributed by atoms with van der Waals surface area (Å²) in [5, 5.41) is 0. The van der Waals surface area contributed by atoms with E-state index in [9.17, 15) is 4.79 Å². The first-order valence-electron chi connectivity index (χ1n) is 8.29. The van der Waals surface area contributed by atoms with Crippen LogP contribution in [0.1, 0.15) is 22.8 Å². The van der Waals surface area contributed by atoms with E-state index in [2.05, 4.69) is 0 Å². The second kappa shape index (κ2) is 8.15. The summed E-state index contributed by atoms with van der Waals surface area (Å²) in [5.74, 6) is 1.43. The smallest absolute Gasteiger partial charge is 0.153 e. The zero-order chi connectivity index (χ0) is 17.5. The first kappa shape index (κ1) is 16.8. The van der Waals surface area contributed by atoms with Gasteiger partial charge >= 0.3 is 0 Å². The predicted molar refractivity (Wildman–Crippen MR) is 99.2 cm³/mol. The molecule has 0 aromatic heterocycles. The van der Waals surface area contributed by atoms with E-state index in [1.807, 2.05) is 79.7 Å². The Hall–Kier alpha value is -3.07. The summed E-state index contributed by atoms with van der Waals surface area (Å²) in [6.07, 6.45) is 0.832. The lowest BCUT2D eigenvalue weighted by atomic mass is 10.0. The van der Waals surface area contributed by atoms with Gasteiger partial charge in [0.25, 0.3) is 0 Å². The number of ether oxygens (including phenoxy) is 2. The largest absolute Gasteiger partial charge is 0.494 e. The third-order valence-electron chi connectivity index (χ3n) is 3.87. The van der Waals surface area contributed by atoms with E-state index in [0.29, 0.717) is 24.5 Å². The molecule has 3 rings (SSSR count). The van der Waals surface area contributed by atoms with E-state index in [4.69, 9.17) is 9.47 Å². The third-order valence-corrected chi connectivity index (χ3v) is 3.87. The van der Waals surface area contributed by atoms with E-state index >= 15 is 0 Å². The molecule has 0 aliphatic heterocycles. The summed E-state index contributed by atoms with van der Waals surface area (Å²) in [6.45, 7) is 3.03. The van der Waals surface area contributed by atoms with Crippen LogP contribution in [0.2, 0.25) is 0 Å². The summed E-state index contributed by atoms with van der Waals surface area (Å²) >= 11 is 0. The highest BCUT2D eigenvalue weighted by Gasteiger charge is 2.07. The Kier molecular flexibility index (Phi) is 5.47. The second-order valence-electron chi connectivity index (χ2n) is 5.60. The Balaban J connectivity index is 1.78. The van der Waals surface area contributed by atoms with Gasteiger partial charge in [0.2, 0.25) is 0 Å². The fourth-order valence-corrected chi connectivity index (χ4v) is 2.60. The van der Waals surface area contributed by atoms with Crippen LogP contribution in [0.5, 0.6) is 11.5 Å². The molecule has 0 saturated heterocycles. The molecule has 0 aliphatic carbocycles. The molecule has 126 valence electrons. The Bertz CT molecular complexity index is 824. The van der Waals surface area contributed by atoms with E-state index in [0.717, 1.165) is 28.7 Å². The van der Waals surface area contributed by atoms with Crippen molar-refractivity contribution in [2.75, 3.05) is 6.61 Å². The molecule has 0 saturated carbocycles. The Labute approximate surface area is 147 Å². The number of hydrogen-bond donors (Lipinski definition) is 0. The minimum absolute atomic E-state index is 0.435. The highest BCUT2D eigenvalue weighted by Crippen LogP contribution is 2.27. The van der Waals surface area contributed by atoms with E-state index in [-0.39, 0.29) is 0 Å². The lowest BCUT2D eigenvalue weighted by Gasteiger charge is -2.11. The number of carbonyl (C=O) groups is 1. The summed E-state index contributed by atoms with van der Waals surface area (Å²) in [4.78, 5) is 11.5. The van der Waals surface area contributed by atoms with Gasteiger partial charge in [0.15, 0.2) is 6.29 Å². The van der Waals surface area contributed by atoms with Gasteiger partial charge in [0.1, 0.15) is 18.1 Å². The predicted octanol–water partition coefficient (Wildman–Crippen LogP) is 5.14. The molecule has 0 heterocycles. The maximum Gasteiger partial charge on any atom is 0.153 e. The van der Waals surface area contributed by atoms with Crippen molar-refractivity contribution in [2.24, 2.45) is 0 Å². The van der Waals surface area contributed by atoms with Crippen LogP contribution in [0.25, 0.3) is 11.1 Å². The van der Waals surface area contributed by atoms with Crippen LogP contribution in [0.3, 0.4) is 0 Å². The van der Waals surface area contributed by atoms with Crippen molar-refractivity contribution in [1.29, 1.82) is 0 Å². The van der Waals surface area contributed by atoms with Gasteiger partial charge < -0.3 is 9.47 Å². The molecule has 0 radical (unpaired) electrons. The van der Waals surface area contributed by atoms with Gasteiger partial charge in [-0.2, -0.15) is 0 Å². The lowest BCUT2D eigenvalue weighted by molar-refractivity contribution is 0.111. The Morgan fingerprint density at radius 2 is 1.56 bits per heavy atom. The molecule has 0 bridgehead atoms. The SMILES string of the molecule is CCOc1ccc(-c2ccc(OCc3ccccc3)c(C=O)c2)cc1. The molecule has 0 fully saturated rings. The van der Waals surface area contributed by atoms with Gasteiger partial charge in [-0.25, -0.2) is 0 Å². The quantitative estimate of drug-likeness (QED) is 0.562. The zero-order valence-electron chi connectivity index (χ0n) is 14.1. The molecule has 3 nitrogen and oxygen atoms in total. The summed E-state index contributed by atoms with van der Waals surface area (Å²) in [7, 11) is 0. The normalized spacial score (nSPS) is 10.3. The van der Waals surface area contributed by atoms with Gasteiger partial charge in [0.05, 0.1) is 12.2 Å². The van der Waals surface area contributed by atoms with E-state index in [1.54, 1.807) is 0 Å². The minimum atomic E-state index is 0.435. The van der Waals surface area contributed by atoms with E-state index in [1.165, 1.54) is 0 Å². The molecular weight excluding hydrogens is 312 g/mol. The number of rotatable bonds is 7. The minimum Gasteiger partial charge on any atom is -0.494 e. The molecule has 0 aliphatic rings. The molecule has 3 aromatic rings. The third kappa shape index (κ3) is 4.27. The molecule has 3 aromatic carbocycles. The fraction of sp³-hybridized carbons (Fsp3) is 0.136. The summed E-state index contributed by atoms with van der Waals surface area (Å²) in [5.41, 5.74) is 3.61. The number of aldehydes is 1. The van der Waals surface area contributed by atoms with Crippen LogP contribution in [0.15, 0.2) is 72.8 Å². The van der Waals surface area contributed by atoms with Crippen LogP contribution in [0, 0.1) is 0 Å². The number of hydrogen-bond acceptors (Lipinski definition) is 3. The first-order valence-corrected chi connectivity index (χ1v) is 8.29. The monoisotopic (exact) mass is 332 g/mol. The maximum absolute atomic E-state index is 11.5. The topological polar surface area (TPSA) is 35.5 Å². The van der Waals surface area contributed by atoms with Gasteiger partial charge in [0, 0.05) is 0 Å². The average molecular weight is 332 g/mol. The van der Waals surface area contributed by atoms with Crippen LogP contribution >= 0.6 is 0 Å². The summed E-state index contributed by atoms with van der Waals surface area (Å²) in [6, 6.07) is 23.4. The fourth-order valence-electron chi connectivity index (χ4n) is 2.60. The molecule has 0 N–H and O–H groups in total. The van der Waals surface area contributed by atoms with Crippen LogP contribution < -0.4 is 9.47 Å². The molecule has 0 unspecified atom stereocenters. The van der Waals surface area contributed by atoms with Crippen molar-refractivity contribution in [2.45, 2.75) is 13.5 Å². The maximum atomic E-state index is 11.5. The van der Waals surface area contributed by atoms with Crippen LogP contribution in [0.4, 0.5) is 0 Å². The van der Waals surface area contributed by atoms with Crippen molar-refractivity contribution in [3.8, 4) is 22.6 Å². The Morgan fingerprint density at radius 3 is 2.24 bits per heavy atom. The first-order chi connectivity index (χ1) is 12.3.